The molecular formula is C16H15NO3S. The van der Waals surface area contributed by atoms with Gasteiger partial charge in [-0.25, -0.2) is 0 Å². The van der Waals surface area contributed by atoms with Crippen molar-refractivity contribution < 1.29 is 14.7 Å². The van der Waals surface area contributed by atoms with E-state index in [4.69, 9.17) is 0 Å². The first-order valence-electron chi connectivity index (χ1n) is 6.37. The van der Waals surface area contributed by atoms with Crippen LogP contribution in [0.5, 0.6) is 5.75 Å². The van der Waals surface area contributed by atoms with Crippen molar-refractivity contribution in [2.75, 3.05) is 11.1 Å². The molecule has 2 N–H and O–H groups in total. The summed E-state index contributed by atoms with van der Waals surface area (Å²) in [5.74, 6) is 0.276. The van der Waals surface area contributed by atoms with Gasteiger partial charge in [-0.1, -0.05) is 12.1 Å². The fourth-order valence-corrected chi connectivity index (χ4v) is 2.40. The summed E-state index contributed by atoms with van der Waals surface area (Å²) >= 11 is 1.38. The van der Waals surface area contributed by atoms with Crippen LogP contribution in [0, 0.1) is 0 Å². The highest BCUT2D eigenvalue weighted by Gasteiger charge is 2.06. The Morgan fingerprint density at radius 3 is 2.52 bits per heavy atom. The van der Waals surface area contributed by atoms with Gasteiger partial charge in [-0.05, 0) is 43.3 Å². The maximum atomic E-state index is 11.9. The van der Waals surface area contributed by atoms with Crippen molar-refractivity contribution >= 4 is 29.1 Å². The zero-order valence-electron chi connectivity index (χ0n) is 11.5. The third-order valence-electron chi connectivity index (χ3n) is 2.76. The molecule has 0 aliphatic rings. The van der Waals surface area contributed by atoms with Gasteiger partial charge in [-0.15, -0.1) is 11.8 Å². The van der Waals surface area contributed by atoms with Gasteiger partial charge >= 0.3 is 0 Å². The molecule has 0 aliphatic carbocycles. The van der Waals surface area contributed by atoms with Gasteiger partial charge in [0.2, 0.25) is 5.91 Å². The zero-order valence-corrected chi connectivity index (χ0v) is 12.3. The molecular weight excluding hydrogens is 286 g/mol. The second kappa shape index (κ2) is 6.95. The minimum Gasteiger partial charge on any atom is -0.508 e. The lowest BCUT2D eigenvalue weighted by atomic mass is 10.1. The molecule has 0 heterocycles. The first-order chi connectivity index (χ1) is 10.0. The number of Topliss-reactive ketones (excluding diaryl/α,β-unsaturated/α-hetero) is 1. The van der Waals surface area contributed by atoms with Crippen LogP contribution in [0.4, 0.5) is 5.69 Å². The molecule has 0 aromatic heterocycles. The van der Waals surface area contributed by atoms with Crippen LogP contribution >= 0.6 is 11.8 Å². The number of nitrogens with one attached hydrogen (secondary N) is 1. The van der Waals surface area contributed by atoms with Crippen molar-refractivity contribution in [1.29, 1.82) is 0 Å². The summed E-state index contributed by atoms with van der Waals surface area (Å²) in [5.41, 5.74) is 1.18. The molecule has 0 saturated heterocycles. The Balaban J connectivity index is 1.91. The quantitative estimate of drug-likeness (QED) is 0.656. The van der Waals surface area contributed by atoms with Crippen molar-refractivity contribution in [1.82, 2.24) is 0 Å². The molecule has 0 bridgehead atoms. The Kier molecular flexibility index (Phi) is 5.00. The number of hydrogen-bond acceptors (Lipinski definition) is 4. The number of hydrogen-bond donors (Lipinski definition) is 2. The summed E-state index contributed by atoms with van der Waals surface area (Å²) in [4.78, 5) is 24.1. The van der Waals surface area contributed by atoms with Gasteiger partial charge in [-0.3, -0.25) is 9.59 Å². The number of amides is 1. The van der Waals surface area contributed by atoms with E-state index in [1.807, 2.05) is 0 Å². The number of thioether (sulfide) groups is 1. The Bertz CT molecular complexity index is 653. The van der Waals surface area contributed by atoms with Crippen molar-refractivity contribution in [3.05, 3.63) is 54.1 Å². The van der Waals surface area contributed by atoms with Crippen LogP contribution in [-0.4, -0.2) is 22.5 Å². The molecule has 0 saturated carbocycles. The van der Waals surface area contributed by atoms with Gasteiger partial charge in [0.05, 0.1) is 5.75 Å². The molecule has 0 spiro atoms. The fourth-order valence-electron chi connectivity index (χ4n) is 1.70. The lowest BCUT2D eigenvalue weighted by Gasteiger charge is -2.06. The predicted molar refractivity (Wildman–Crippen MR) is 83.9 cm³/mol. The average Bonchev–Trinajstić information content (AvgIpc) is 2.47. The standard InChI is InChI=1S/C16H15NO3S/c1-11(18)12-3-2-4-13(9-12)17-16(20)10-21-15-7-5-14(19)6-8-15/h2-9,19H,10H2,1H3,(H,17,20). The molecule has 0 atom stereocenters. The molecule has 1 amide bonds. The number of phenolic OH excluding ortho intramolecular Hbond substituents is 1. The average molecular weight is 301 g/mol. The molecule has 2 rings (SSSR count). The van der Waals surface area contributed by atoms with E-state index in [1.165, 1.54) is 18.7 Å². The molecule has 108 valence electrons. The molecule has 2 aromatic rings. The number of carbonyl (C=O) groups excluding carboxylic acids is 2. The summed E-state index contributed by atoms with van der Waals surface area (Å²) in [5, 5.41) is 11.9. The first-order valence-corrected chi connectivity index (χ1v) is 7.36. The van der Waals surface area contributed by atoms with E-state index in [1.54, 1.807) is 48.5 Å². The number of benzene rings is 2. The Hall–Kier alpha value is -2.27. The maximum absolute atomic E-state index is 11.9. The Morgan fingerprint density at radius 2 is 1.86 bits per heavy atom. The van der Waals surface area contributed by atoms with Crippen LogP contribution in [0.3, 0.4) is 0 Å². The molecule has 0 fully saturated rings. The van der Waals surface area contributed by atoms with Crippen LogP contribution < -0.4 is 5.32 Å². The predicted octanol–water partition coefficient (Wildman–Crippen LogP) is 3.33. The number of ketones is 1. The lowest BCUT2D eigenvalue weighted by Crippen LogP contribution is -2.14. The number of aromatic hydroxyl groups is 1. The number of carbonyl (C=O) groups is 2. The van der Waals surface area contributed by atoms with E-state index < -0.39 is 0 Å². The molecule has 5 heteroatoms. The van der Waals surface area contributed by atoms with E-state index in [0.29, 0.717) is 11.3 Å². The minimum atomic E-state index is -0.145. The van der Waals surface area contributed by atoms with Crippen LogP contribution in [0.25, 0.3) is 0 Å². The Labute approximate surface area is 127 Å². The summed E-state index contributed by atoms with van der Waals surface area (Å²) in [6, 6.07) is 13.5. The largest absolute Gasteiger partial charge is 0.508 e. The van der Waals surface area contributed by atoms with Gasteiger partial charge in [0.25, 0.3) is 0 Å². The van der Waals surface area contributed by atoms with E-state index in [9.17, 15) is 14.7 Å². The maximum Gasteiger partial charge on any atom is 0.234 e. The normalized spacial score (nSPS) is 10.1. The van der Waals surface area contributed by atoms with E-state index >= 15 is 0 Å². The molecule has 2 aromatic carbocycles. The summed E-state index contributed by atoms with van der Waals surface area (Å²) in [6.07, 6.45) is 0. The minimum absolute atomic E-state index is 0.0374. The third-order valence-corrected chi connectivity index (χ3v) is 3.77. The van der Waals surface area contributed by atoms with Crippen LogP contribution in [-0.2, 0) is 4.79 Å². The highest BCUT2D eigenvalue weighted by atomic mass is 32.2. The van der Waals surface area contributed by atoms with E-state index in [2.05, 4.69) is 5.32 Å². The van der Waals surface area contributed by atoms with Gasteiger partial charge < -0.3 is 10.4 Å². The highest BCUT2D eigenvalue weighted by Crippen LogP contribution is 2.21. The topological polar surface area (TPSA) is 66.4 Å². The molecule has 4 nitrogen and oxygen atoms in total. The van der Waals surface area contributed by atoms with Gasteiger partial charge in [0, 0.05) is 16.1 Å². The number of phenols is 1. The van der Waals surface area contributed by atoms with Crippen molar-refractivity contribution in [2.45, 2.75) is 11.8 Å². The van der Waals surface area contributed by atoms with E-state index in [0.717, 1.165) is 4.90 Å². The van der Waals surface area contributed by atoms with Crippen molar-refractivity contribution in [2.24, 2.45) is 0 Å². The second-order valence-electron chi connectivity index (χ2n) is 4.47. The van der Waals surface area contributed by atoms with Crippen LogP contribution in [0.1, 0.15) is 17.3 Å². The van der Waals surface area contributed by atoms with Crippen molar-refractivity contribution in [3.8, 4) is 5.75 Å². The van der Waals surface area contributed by atoms with Crippen molar-refractivity contribution in [3.63, 3.8) is 0 Å². The first kappa shape index (κ1) is 15.1. The highest BCUT2D eigenvalue weighted by molar-refractivity contribution is 8.00. The Morgan fingerprint density at radius 1 is 1.14 bits per heavy atom. The molecule has 21 heavy (non-hydrogen) atoms. The fraction of sp³-hybridized carbons (Fsp3) is 0.125. The van der Waals surface area contributed by atoms with Crippen LogP contribution in [0.2, 0.25) is 0 Å². The smallest absolute Gasteiger partial charge is 0.234 e. The zero-order chi connectivity index (χ0) is 15.2. The van der Waals surface area contributed by atoms with Crippen LogP contribution in [0.15, 0.2) is 53.4 Å². The SMILES string of the molecule is CC(=O)c1cccc(NC(=O)CSc2ccc(O)cc2)c1. The lowest BCUT2D eigenvalue weighted by molar-refractivity contribution is -0.113. The monoisotopic (exact) mass is 301 g/mol. The summed E-state index contributed by atoms with van der Waals surface area (Å²) < 4.78 is 0. The van der Waals surface area contributed by atoms with Gasteiger partial charge in [-0.2, -0.15) is 0 Å². The van der Waals surface area contributed by atoms with E-state index in [-0.39, 0.29) is 23.2 Å². The molecule has 0 aliphatic heterocycles. The van der Waals surface area contributed by atoms with Gasteiger partial charge in [0.1, 0.15) is 5.75 Å². The number of rotatable bonds is 5. The summed E-state index contributed by atoms with van der Waals surface area (Å²) in [7, 11) is 0. The molecule has 0 radical (unpaired) electrons. The summed E-state index contributed by atoms with van der Waals surface area (Å²) in [6.45, 7) is 1.49. The second-order valence-corrected chi connectivity index (χ2v) is 5.52. The van der Waals surface area contributed by atoms with Gasteiger partial charge in [0.15, 0.2) is 5.78 Å². The number of anilines is 1. The third kappa shape index (κ3) is 4.65. The molecule has 0 unspecified atom stereocenters.